The number of hydrogen-bond donors (Lipinski definition) is 1. The molecule has 0 fully saturated rings. The zero-order chi connectivity index (χ0) is 7.56. The molecule has 54 valence electrons. The Hall–Kier alpha value is -0.0900. The van der Waals surface area contributed by atoms with Crippen LogP contribution in [0.5, 0.6) is 0 Å². The predicted octanol–water partition coefficient (Wildman–Crippen LogP) is 2.32. The Morgan fingerprint density at radius 1 is 1.50 bits per heavy atom. The summed E-state index contributed by atoms with van der Waals surface area (Å²) in [6.45, 7) is 0. The van der Waals surface area contributed by atoms with Gasteiger partial charge in [-0.2, -0.15) is 0 Å². The third-order valence-corrected chi connectivity index (χ3v) is 2.32. The van der Waals surface area contributed by atoms with Crippen LogP contribution in [0.2, 0.25) is 0 Å². The van der Waals surface area contributed by atoms with Crippen LogP contribution in [0.1, 0.15) is 5.69 Å². The average molecular weight is 266 g/mol. The van der Waals surface area contributed by atoms with E-state index in [0.717, 1.165) is 15.5 Å². The molecule has 0 radical (unpaired) electrons. The lowest BCUT2D eigenvalue weighted by atomic mass is 10.4. The van der Waals surface area contributed by atoms with E-state index in [2.05, 4.69) is 36.8 Å². The van der Waals surface area contributed by atoms with E-state index in [4.69, 9.17) is 5.73 Å². The fourth-order valence-corrected chi connectivity index (χ4v) is 1.76. The van der Waals surface area contributed by atoms with Gasteiger partial charge >= 0.3 is 0 Å². The van der Waals surface area contributed by atoms with Crippen molar-refractivity contribution in [2.24, 2.45) is 0 Å². The number of hydrogen-bond acceptors (Lipinski definition) is 2. The lowest BCUT2D eigenvalue weighted by molar-refractivity contribution is 1.17. The van der Waals surface area contributed by atoms with Crippen LogP contribution in [-0.4, -0.2) is 4.98 Å². The van der Waals surface area contributed by atoms with E-state index in [1.165, 1.54) is 0 Å². The van der Waals surface area contributed by atoms with E-state index in [0.29, 0.717) is 5.82 Å². The topological polar surface area (TPSA) is 38.9 Å². The molecule has 0 amide bonds. The van der Waals surface area contributed by atoms with Gasteiger partial charge in [0.05, 0.1) is 5.69 Å². The Kier molecular flexibility index (Phi) is 2.68. The molecule has 1 aromatic heterocycles. The molecule has 1 aromatic rings. The maximum Gasteiger partial charge on any atom is 0.123 e. The summed E-state index contributed by atoms with van der Waals surface area (Å²) in [5, 5.41) is 0.721. The summed E-state index contributed by atoms with van der Waals surface area (Å²) in [4.78, 5) is 4.08. The zero-order valence-corrected chi connectivity index (χ0v) is 8.31. The Labute approximate surface area is 76.1 Å². The second-order valence-electron chi connectivity index (χ2n) is 1.80. The van der Waals surface area contributed by atoms with Gasteiger partial charge in [0.15, 0.2) is 0 Å². The van der Waals surface area contributed by atoms with Crippen molar-refractivity contribution in [3.63, 3.8) is 0 Å². The number of nitrogens with zero attached hydrogens (tertiary/aromatic N) is 1. The largest absolute Gasteiger partial charge is 0.384 e. The third-order valence-electron chi connectivity index (χ3n) is 1.07. The van der Waals surface area contributed by atoms with Crippen molar-refractivity contribution >= 4 is 37.7 Å². The number of alkyl halides is 1. The van der Waals surface area contributed by atoms with Gasteiger partial charge in [-0.1, -0.05) is 15.9 Å². The van der Waals surface area contributed by atoms with Crippen molar-refractivity contribution in [3.8, 4) is 0 Å². The molecule has 0 unspecified atom stereocenters. The van der Waals surface area contributed by atoms with Crippen molar-refractivity contribution in [3.05, 3.63) is 22.3 Å². The maximum atomic E-state index is 5.45. The quantitative estimate of drug-likeness (QED) is 0.792. The fraction of sp³-hybridized carbons (Fsp3) is 0.167. The maximum absolute atomic E-state index is 5.45. The summed E-state index contributed by atoms with van der Waals surface area (Å²) < 4.78 is 0.985. The molecule has 1 rings (SSSR count). The van der Waals surface area contributed by atoms with E-state index >= 15 is 0 Å². The highest BCUT2D eigenvalue weighted by Gasteiger charge is 1.98. The number of halogens is 2. The minimum atomic E-state index is 0.553. The first-order chi connectivity index (χ1) is 4.74. The van der Waals surface area contributed by atoms with Gasteiger partial charge in [0.2, 0.25) is 0 Å². The lowest BCUT2D eigenvalue weighted by Gasteiger charge is -1.98. The van der Waals surface area contributed by atoms with Gasteiger partial charge in [-0.05, 0) is 28.1 Å². The van der Waals surface area contributed by atoms with Crippen LogP contribution in [0.4, 0.5) is 5.82 Å². The number of nitrogen functional groups attached to an aromatic ring is 1. The van der Waals surface area contributed by atoms with Crippen LogP contribution in [0.15, 0.2) is 16.6 Å². The van der Waals surface area contributed by atoms with Gasteiger partial charge < -0.3 is 5.73 Å². The first-order valence-corrected chi connectivity index (χ1v) is 4.62. The second-order valence-corrected chi connectivity index (χ2v) is 3.21. The summed E-state index contributed by atoms with van der Waals surface area (Å²) in [7, 11) is 0. The van der Waals surface area contributed by atoms with Crippen LogP contribution in [0.3, 0.4) is 0 Å². The summed E-state index contributed by atoms with van der Waals surface area (Å²) in [5.74, 6) is 0.553. The van der Waals surface area contributed by atoms with Crippen LogP contribution in [0.25, 0.3) is 0 Å². The smallest absolute Gasteiger partial charge is 0.123 e. The molecule has 0 bridgehead atoms. The summed E-state index contributed by atoms with van der Waals surface area (Å²) in [5.41, 5.74) is 6.38. The SMILES string of the molecule is Nc1ccc(Br)c(CBr)n1. The molecule has 0 atom stereocenters. The van der Waals surface area contributed by atoms with Gasteiger partial charge in [-0.3, -0.25) is 0 Å². The Balaban J connectivity index is 3.09. The van der Waals surface area contributed by atoms with Crippen LogP contribution in [-0.2, 0) is 5.33 Å². The van der Waals surface area contributed by atoms with Gasteiger partial charge in [0.1, 0.15) is 5.82 Å². The minimum absolute atomic E-state index is 0.553. The molecule has 0 spiro atoms. The molecule has 0 aromatic carbocycles. The Morgan fingerprint density at radius 3 is 2.70 bits per heavy atom. The summed E-state index contributed by atoms with van der Waals surface area (Å²) in [6, 6.07) is 3.65. The van der Waals surface area contributed by atoms with Crippen molar-refractivity contribution in [1.82, 2.24) is 4.98 Å². The first-order valence-electron chi connectivity index (χ1n) is 2.71. The van der Waals surface area contributed by atoms with E-state index < -0.39 is 0 Å². The molecule has 1 heterocycles. The second kappa shape index (κ2) is 3.34. The standard InChI is InChI=1S/C6H6Br2N2/c7-3-5-4(8)1-2-6(9)10-5/h1-2H,3H2,(H2,9,10). The summed E-state index contributed by atoms with van der Waals surface area (Å²) in [6.07, 6.45) is 0. The molecule has 10 heavy (non-hydrogen) atoms. The molecular formula is C6H6Br2N2. The molecule has 4 heteroatoms. The number of rotatable bonds is 1. The van der Waals surface area contributed by atoms with Gasteiger partial charge in [0, 0.05) is 9.80 Å². The highest BCUT2D eigenvalue weighted by Crippen LogP contribution is 2.17. The van der Waals surface area contributed by atoms with E-state index in [9.17, 15) is 0 Å². The van der Waals surface area contributed by atoms with E-state index in [-0.39, 0.29) is 0 Å². The normalized spacial score (nSPS) is 9.80. The minimum Gasteiger partial charge on any atom is -0.384 e. The molecule has 0 aliphatic rings. The van der Waals surface area contributed by atoms with Gasteiger partial charge in [-0.25, -0.2) is 4.98 Å². The molecule has 0 saturated heterocycles. The van der Waals surface area contributed by atoms with Crippen molar-refractivity contribution in [2.75, 3.05) is 5.73 Å². The van der Waals surface area contributed by atoms with Gasteiger partial charge in [-0.15, -0.1) is 0 Å². The molecule has 0 aliphatic carbocycles. The average Bonchev–Trinajstić information content (AvgIpc) is 1.94. The predicted molar refractivity (Wildman–Crippen MR) is 49.0 cm³/mol. The highest BCUT2D eigenvalue weighted by atomic mass is 79.9. The Bertz CT molecular complexity index is 237. The molecule has 0 saturated carbocycles. The summed E-state index contributed by atoms with van der Waals surface area (Å²) >= 11 is 6.64. The number of aromatic nitrogens is 1. The van der Waals surface area contributed by atoms with Crippen LogP contribution < -0.4 is 5.73 Å². The van der Waals surface area contributed by atoms with Crippen molar-refractivity contribution < 1.29 is 0 Å². The van der Waals surface area contributed by atoms with Crippen LogP contribution >= 0.6 is 31.9 Å². The molecule has 2 N–H and O–H groups in total. The van der Waals surface area contributed by atoms with E-state index in [1.807, 2.05) is 6.07 Å². The Morgan fingerprint density at radius 2 is 2.20 bits per heavy atom. The van der Waals surface area contributed by atoms with Crippen molar-refractivity contribution in [2.45, 2.75) is 5.33 Å². The number of pyridine rings is 1. The van der Waals surface area contributed by atoms with Gasteiger partial charge in [0.25, 0.3) is 0 Å². The fourth-order valence-electron chi connectivity index (χ4n) is 0.595. The third kappa shape index (κ3) is 1.70. The number of anilines is 1. The lowest BCUT2D eigenvalue weighted by Crippen LogP contribution is -1.93. The first kappa shape index (κ1) is 8.01. The molecule has 0 aliphatic heterocycles. The van der Waals surface area contributed by atoms with E-state index in [1.54, 1.807) is 6.07 Å². The zero-order valence-electron chi connectivity index (χ0n) is 5.14. The molecule has 2 nitrogen and oxygen atoms in total. The van der Waals surface area contributed by atoms with Crippen LogP contribution in [0, 0.1) is 0 Å². The van der Waals surface area contributed by atoms with Crippen molar-refractivity contribution in [1.29, 1.82) is 0 Å². The highest BCUT2D eigenvalue weighted by molar-refractivity contribution is 9.10. The molecular weight excluding hydrogens is 260 g/mol. The monoisotopic (exact) mass is 264 g/mol. The number of nitrogens with two attached hydrogens (primary N) is 1.